The van der Waals surface area contributed by atoms with E-state index >= 15 is 0 Å². The molecule has 88 valence electrons. The molecule has 0 aliphatic heterocycles. The van der Waals surface area contributed by atoms with Crippen LogP contribution in [0.1, 0.15) is 17.3 Å². The molecule has 1 aromatic rings. The maximum absolute atomic E-state index is 10.9. The second kappa shape index (κ2) is 6.13. The van der Waals surface area contributed by atoms with Crippen molar-refractivity contribution in [2.75, 3.05) is 13.7 Å². The number of thioether (sulfide) groups is 1. The average Bonchev–Trinajstić information content (AvgIpc) is 2.21. The molecule has 0 spiro atoms. The van der Waals surface area contributed by atoms with Gasteiger partial charge in [0, 0.05) is 17.3 Å². The number of rotatable bonds is 5. The maximum Gasteiger partial charge on any atom is 0.337 e. The number of ether oxygens (including phenoxy) is 1. The zero-order valence-electron chi connectivity index (χ0n) is 9.07. The first-order chi connectivity index (χ1) is 7.54. The molecule has 0 amide bonds. The summed E-state index contributed by atoms with van der Waals surface area (Å²) in [5, 5.41) is 9.44. The van der Waals surface area contributed by atoms with Crippen LogP contribution in [0.5, 0.6) is 0 Å². The van der Waals surface area contributed by atoms with E-state index in [9.17, 15) is 4.79 Å². The van der Waals surface area contributed by atoms with Gasteiger partial charge in [-0.05, 0) is 18.2 Å². The van der Waals surface area contributed by atoms with Gasteiger partial charge in [-0.2, -0.15) is 0 Å². The van der Waals surface area contributed by atoms with Gasteiger partial charge in [-0.15, -0.1) is 11.8 Å². The number of benzene rings is 1. The monoisotopic (exact) mass is 260 g/mol. The highest BCUT2D eigenvalue weighted by Gasteiger charge is 2.11. The van der Waals surface area contributed by atoms with Gasteiger partial charge in [-0.3, -0.25) is 0 Å². The summed E-state index contributed by atoms with van der Waals surface area (Å²) in [6.45, 7) is 2.64. The number of carboxylic acid groups (broad SMARTS) is 1. The van der Waals surface area contributed by atoms with Crippen LogP contribution in [0.25, 0.3) is 0 Å². The van der Waals surface area contributed by atoms with E-state index in [1.165, 1.54) is 0 Å². The molecule has 1 unspecified atom stereocenters. The smallest absolute Gasteiger partial charge is 0.337 e. The van der Waals surface area contributed by atoms with Crippen molar-refractivity contribution in [2.45, 2.75) is 17.1 Å². The van der Waals surface area contributed by atoms with Gasteiger partial charge in [0.1, 0.15) is 0 Å². The van der Waals surface area contributed by atoms with Gasteiger partial charge >= 0.3 is 5.97 Å². The van der Waals surface area contributed by atoms with Crippen LogP contribution in [0.15, 0.2) is 23.1 Å². The summed E-state index contributed by atoms with van der Waals surface area (Å²) in [5.74, 6) is -1.01. The Morgan fingerprint density at radius 3 is 2.88 bits per heavy atom. The van der Waals surface area contributed by atoms with E-state index in [1.54, 1.807) is 31.0 Å². The topological polar surface area (TPSA) is 46.5 Å². The number of hydrogen-bond donors (Lipinski definition) is 1. The molecule has 0 saturated carbocycles. The van der Waals surface area contributed by atoms with Gasteiger partial charge in [0.25, 0.3) is 0 Å². The molecule has 1 aromatic carbocycles. The van der Waals surface area contributed by atoms with Gasteiger partial charge in [0.2, 0.25) is 0 Å². The lowest BCUT2D eigenvalue weighted by Crippen LogP contribution is -2.05. The van der Waals surface area contributed by atoms with E-state index in [0.29, 0.717) is 6.61 Å². The molecule has 0 aromatic heterocycles. The molecule has 3 nitrogen and oxygen atoms in total. The summed E-state index contributed by atoms with van der Waals surface area (Å²) >= 11 is 7.34. The van der Waals surface area contributed by atoms with Crippen LogP contribution in [0, 0.1) is 0 Å². The Labute approximate surface area is 104 Å². The van der Waals surface area contributed by atoms with Crippen molar-refractivity contribution in [1.82, 2.24) is 0 Å². The van der Waals surface area contributed by atoms with Crippen molar-refractivity contribution in [2.24, 2.45) is 0 Å². The Balaban J connectivity index is 2.82. The van der Waals surface area contributed by atoms with Crippen molar-refractivity contribution in [3.05, 3.63) is 28.8 Å². The second-order valence-corrected chi connectivity index (χ2v) is 5.25. The van der Waals surface area contributed by atoms with E-state index in [0.717, 1.165) is 4.90 Å². The fraction of sp³-hybridized carbons (Fsp3) is 0.364. The molecule has 16 heavy (non-hydrogen) atoms. The van der Waals surface area contributed by atoms with E-state index in [1.807, 2.05) is 13.0 Å². The first-order valence-corrected chi connectivity index (χ1v) is 5.98. The number of aromatic carboxylic acids is 1. The SMILES string of the molecule is COCC(C)Sc1ccc(Cl)c(C(=O)O)c1. The summed E-state index contributed by atoms with van der Waals surface area (Å²) < 4.78 is 5.01. The largest absolute Gasteiger partial charge is 0.478 e. The lowest BCUT2D eigenvalue weighted by Gasteiger charge is -2.10. The minimum absolute atomic E-state index is 0.135. The molecule has 0 aliphatic rings. The minimum Gasteiger partial charge on any atom is -0.478 e. The number of hydrogen-bond acceptors (Lipinski definition) is 3. The van der Waals surface area contributed by atoms with Crippen molar-refractivity contribution < 1.29 is 14.6 Å². The van der Waals surface area contributed by atoms with Gasteiger partial charge in [0.05, 0.1) is 17.2 Å². The van der Waals surface area contributed by atoms with E-state index in [4.69, 9.17) is 21.4 Å². The summed E-state index contributed by atoms with van der Waals surface area (Å²) in [5.41, 5.74) is 0.135. The van der Waals surface area contributed by atoms with Gasteiger partial charge in [-0.1, -0.05) is 18.5 Å². The van der Waals surface area contributed by atoms with E-state index in [-0.39, 0.29) is 15.8 Å². The van der Waals surface area contributed by atoms with Gasteiger partial charge in [0.15, 0.2) is 0 Å². The zero-order valence-corrected chi connectivity index (χ0v) is 10.6. The average molecular weight is 261 g/mol. The lowest BCUT2D eigenvalue weighted by molar-refractivity contribution is 0.0697. The highest BCUT2D eigenvalue weighted by Crippen LogP contribution is 2.27. The quantitative estimate of drug-likeness (QED) is 0.826. The van der Waals surface area contributed by atoms with Crippen LogP contribution in [0.2, 0.25) is 5.02 Å². The summed E-state index contributed by atoms with van der Waals surface area (Å²) in [7, 11) is 1.64. The van der Waals surface area contributed by atoms with Crippen LogP contribution >= 0.6 is 23.4 Å². The fourth-order valence-electron chi connectivity index (χ4n) is 1.24. The van der Waals surface area contributed by atoms with Crippen LogP contribution in [-0.2, 0) is 4.74 Å². The molecular weight excluding hydrogens is 248 g/mol. The maximum atomic E-state index is 10.9. The number of halogens is 1. The number of carbonyl (C=O) groups is 1. The van der Waals surface area contributed by atoms with Crippen molar-refractivity contribution in [1.29, 1.82) is 0 Å². The Kier molecular flexibility index (Phi) is 5.12. The third-order valence-corrected chi connectivity index (χ3v) is 3.30. The standard InChI is InChI=1S/C11H13ClO3S/c1-7(6-15-2)16-8-3-4-10(12)9(5-8)11(13)14/h3-5,7H,6H2,1-2H3,(H,13,14). The lowest BCUT2D eigenvalue weighted by atomic mass is 10.2. The highest BCUT2D eigenvalue weighted by atomic mass is 35.5. The Morgan fingerprint density at radius 2 is 2.31 bits per heavy atom. The minimum atomic E-state index is -1.01. The molecule has 1 N–H and O–H groups in total. The van der Waals surface area contributed by atoms with E-state index < -0.39 is 5.97 Å². The molecule has 0 fully saturated rings. The van der Waals surface area contributed by atoms with Crippen molar-refractivity contribution >= 4 is 29.3 Å². The third kappa shape index (κ3) is 3.70. The zero-order chi connectivity index (χ0) is 12.1. The Morgan fingerprint density at radius 1 is 1.62 bits per heavy atom. The van der Waals surface area contributed by atoms with Crippen molar-refractivity contribution in [3.8, 4) is 0 Å². The predicted octanol–water partition coefficient (Wildman–Crippen LogP) is 3.17. The second-order valence-electron chi connectivity index (χ2n) is 3.33. The van der Waals surface area contributed by atoms with Crippen LogP contribution in [0.3, 0.4) is 0 Å². The van der Waals surface area contributed by atoms with Crippen LogP contribution in [-0.4, -0.2) is 30.0 Å². The van der Waals surface area contributed by atoms with Crippen LogP contribution < -0.4 is 0 Å². The Hall–Kier alpha value is -0.710. The fourth-order valence-corrected chi connectivity index (χ4v) is 2.44. The molecule has 0 bridgehead atoms. The molecule has 1 rings (SSSR count). The summed E-state index contributed by atoms with van der Waals surface area (Å²) in [6.07, 6.45) is 0. The molecule has 0 heterocycles. The molecule has 1 atom stereocenters. The molecular formula is C11H13ClO3S. The predicted molar refractivity (Wildman–Crippen MR) is 65.6 cm³/mol. The first-order valence-electron chi connectivity index (χ1n) is 4.73. The van der Waals surface area contributed by atoms with E-state index in [2.05, 4.69) is 0 Å². The Bertz CT molecular complexity index is 381. The van der Waals surface area contributed by atoms with Crippen molar-refractivity contribution in [3.63, 3.8) is 0 Å². The van der Waals surface area contributed by atoms with Gasteiger partial charge in [-0.25, -0.2) is 4.79 Å². The molecule has 0 aliphatic carbocycles. The number of methoxy groups -OCH3 is 1. The number of carboxylic acids is 1. The molecule has 5 heteroatoms. The molecule has 0 saturated heterocycles. The highest BCUT2D eigenvalue weighted by molar-refractivity contribution is 8.00. The van der Waals surface area contributed by atoms with Gasteiger partial charge < -0.3 is 9.84 Å². The van der Waals surface area contributed by atoms with Crippen LogP contribution in [0.4, 0.5) is 0 Å². The summed E-state index contributed by atoms with van der Waals surface area (Å²) in [6, 6.07) is 5.00. The molecule has 0 radical (unpaired) electrons. The normalized spacial score (nSPS) is 12.4. The third-order valence-electron chi connectivity index (χ3n) is 1.91. The summed E-state index contributed by atoms with van der Waals surface area (Å²) in [4.78, 5) is 11.7. The first kappa shape index (κ1) is 13.4.